The summed E-state index contributed by atoms with van der Waals surface area (Å²) < 4.78 is 0. The molecule has 0 bridgehead atoms. The molecule has 0 saturated heterocycles. The van der Waals surface area contributed by atoms with Crippen molar-refractivity contribution >= 4 is 11.5 Å². The Labute approximate surface area is 94.8 Å². The number of anilines is 2. The molecule has 0 aliphatic rings. The summed E-state index contributed by atoms with van der Waals surface area (Å²) in [7, 11) is 1.99. The fraction of sp³-hybridized carbons (Fsp3) is 0.167. The number of pyridine rings is 2. The molecule has 2 aromatic heterocycles. The zero-order chi connectivity index (χ0) is 11.4. The zero-order valence-electron chi connectivity index (χ0n) is 9.17. The summed E-state index contributed by atoms with van der Waals surface area (Å²) in [4.78, 5) is 10.3. The molecule has 0 radical (unpaired) electrons. The Hall–Kier alpha value is -2.10. The summed E-state index contributed by atoms with van der Waals surface area (Å²) in [6.45, 7) is 0.791. The van der Waals surface area contributed by atoms with Crippen LogP contribution in [0.5, 0.6) is 0 Å². The highest BCUT2D eigenvalue weighted by Gasteiger charge is 2.03. The highest BCUT2D eigenvalue weighted by molar-refractivity contribution is 5.49. The highest BCUT2D eigenvalue weighted by Crippen LogP contribution is 2.14. The molecule has 0 aromatic carbocycles. The van der Waals surface area contributed by atoms with Crippen LogP contribution in [0.2, 0.25) is 0 Å². The van der Waals surface area contributed by atoms with E-state index in [0.717, 1.165) is 18.1 Å². The van der Waals surface area contributed by atoms with E-state index in [1.165, 1.54) is 5.56 Å². The minimum atomic E-state index is 0.728. The Bertz CT molecular complexity index is 456. The van der Waals surface area contributed by atoms with Crippen molar-refractivity contribution in [1.29, 1.82) is 0 Å². The van der Waals surface area contributed by atoms with Crippen LogP contribution < -0.4 is 10.6 Å². The van der Waals surface area contributed by atoms with Crippen molar-refractivity contribution in [1.82, 2.24) is 9.97 Å². The number of nitrogen functional groups attached to an aromatic ring is 1. The predicted molar refractivity (Wildman–Crippen MR) is 65.0 cm³/mol. The van der Waals surface area contributed by atoms with Gasteiger partial charge in [-0.2, -0.15) is 0 Å². The third-order valence-corrected chi connectivity index (χ3v) is 2.33. The molecule has 0 fully saturated rings. The summed E-state index contributed by atoms with van der Waals surface area (Å²) in [5, 5.41) is 0. The lowest BCUT2D eigenvalue weighted by molar-refractivity contribution is 0.896. The summed E-state index contributed by atoms with van der Waals surface area (Å²) in [5.41, 5.74) is 7.64. The Balaban J connectivity index is 2.12. The van der Waals surface area contributed by atoms with E-state index in [1.807, 2.05) is 30.1 Å². The van der Waals surface area contributed by atoms with Gasteiger partial charge in [-0.1, -0.05) is 0 Å². The Morgan fingerprint density at radius 3 is 2.62 bits per heavy atom. The third-order valence-electron chi connectivity index (χ3n) is 2.33. The van der Waals surface area contributed by atoms with Crippen molar-refractivity contribution in [3.63, 3.8) is 0 Å². The summed E-state index contributed by atoms with van der Waals surface area (Å²) in [6.07, 6.45) is 5.29. The van der Waals surface area contributed by atoms with E-state index in [0.29, 0.717) is 0 Å². The van der Waals surface area contributed by atoms with E-state index in [2.05, 4.69) is 9.97 Å². The summed E-state index contributed by atoms with van der Waals surface area (Å²) >= 11 is 0. The standard InChI is InChI=1S/C12H14N4/c1-16(9-10-2-5-14-6-3-10)12-8-11(13)4-7-15-12/h2-8H,9H2,1H3,(H2,13,15). The van der Waals surface area contributed by atoms with Crippen molar-refractivity contribution in [2.75, 3.05) is 17.7 Å². The largest absolute Gasteiger partial charge is 0.399 e. The average Bonchev–Trinajstić information content (AvgIpc) is 2.30. The van der Waals surface area contributed by atoms with Gasteiger partial charge >= 0.3 is 0 Å². The van der Waals surface area contributed by atoms with Crippen molar-refractivity contribution in [2.24, 2.45) is 0 Å². The van der Waals surface area contributed by atoms with Gasteiger partial charge in [0.25, 0.3) is 0 Å². The van der Waals surface area contributed by atoms with E-state index < -0.39 is 0 Å². The molecule has 82 valence electrons. The first-order chi connectivity index (χ1) is 7.75. The number of rotatable bonds is 3. The Morgan fingerprint density at radius 1 is 1.19 bits per heavy atom. The molecule has 0 unspecified atom stereocenters. The fourth-order valence-electron chi connectivity index (χ4n) is 1.49. The van der Waals surface area contributed by atoms with E-state index in [9.17, 15) is 0 Å². The smallest absolute Gasteiger partial charge is 0.130 e. The van der Waals surface area contributed by atoms with Crippen LogP contribution in [0, 0.1) is 0 Å². The lowest BCUT2D eigenvalue weighted by Gasteiger charge is -2.18. The van der Waals surface area contributed by atoms with Gasteiger partial charge in [0.05, 0.1) is 0 Å². The van der Waals surface area contributed by atoms with Crippen LogP contribution in [-0.4, -0.2) is 17.0 Å². The summed E-state index contributed by atoms with van der Waals surface area (Å²) in [6, 6.07) is 7.62. The average molecular weight is 214 g/mol. The number of nitrogens with two attached hydrogens (primary N) is 1. The molecule has 2 rings (SSSR count). The van der Waals surface area contributed by atoms with Crippen molar-refractivity contribution in [3.05, 3.63) is 48.4 Å². The number of aromatic nitrogens is 2. The molecule has 2 aromatic rings. The molecular weight excluding hydrogens is 200 g/mol. The molecule has 0 spiro atoms. The van der Waals surface area contributed by atoms with Crippen LogP contribution >= 0.6 is 0 Å². The molecular formula is C12H14N4. The molecule has 0 aliphatic heterocycles. The molecule has 0 aliphatic carbocycles. The molecule has 2 N–H and O–H groups in total. The topological polar surface area (TPSA) is 55.0 Å². The van der Waals surface area contributed by atoms with Gasteiger partial charge in [-0.25, -0.2) is 4.98 Å². The lowest BCUT2D eigenvalue weighted by Crippen LogP contribution is -2.17. The third kappa shape index (κ3) is 2.48. The van der Waals surface area contributed by atoms with Gasteiger partial charge in [-0.15, -0.1) is 0 Å². The molecule has 2 heterocycles. The van der Waals surface area contributed by atoms with Crippen LogP contribution in [0.25, 0.3) is 0 Å². The lowest BCUT2D eigenvalue weighted by atomic mass is 10.2. The second-order valence-corrected chi connectivity index (χ2v) is 3.66. The van der Waals surface area contributed by atoms with Gasteiger partial charge in [0, 0.05) is 43.9 Å². The fourth-order valence-corrected chi connectivity index (χ4v) is 1.49. The van der Waals surface area contributed by atoms with Crippen LogP contribution in [-0.2, 0) is 6.54 Å². The number of hydrogen-bond donors (Lipinski definition) is 1. The normalized spacial score (nSPS) is 10.1. The number of hydrogen-bond acceptors (Lipinski definition) is 4. The first-order valence-corrected chi connectivity index (χ1v) is 5.07. The van der Waals surface area contributed by atoms with Crippen LogP contribution in [0.15, 0.2) is 42.9 Å². The number of nitrogens with zero attached hydrogens (tertiary/aromatic N) is 3. The van der Waals surface area contributed by atoms with Crippen molar-refractivity contribution in [3.8, 4) is 0 Å². The molecule has 0 atom stereocenters. The van der Waals surface area contributed by atoms with Crippen LogP contribution in [0.4, 0.5) is 11.5 Å². The predicted octanol–water partition coefficient (Wildman–Crippen LogP) is 1.70. The maximum atomic E-state index is 5.71. The zero-order valence-corrected chi connectivity index (χ0v) is 9.17. The van der Waals surface area contributed by atoms with Gasteiger partial charge in [0.1, 0.15) is 5.82 Å². The monoisotopic (exact) mass is 214 g/mol. The first kappa shape index (κ1) is 10.4. The van der Waals surface area contributed by atoms with Gasteiger partial charge in [0.2, 0.25) is 0 Å². The molecule has 4 heteroatoms. The van der Waals surface area contributed by atoms with Crippen LogP contribution in [0.1, 0.15) is 5.56 Å². The van der Waals surface area contributed by atoms with E-state index >= 15 is 0 Å². The quantitative estimate of drug-likeness (QED) is 0.844. The molecule has 16 heavy (non-hydrogen) atoms. The van der Waals surface area contributed by atoms with Crippen molar-refractivity contribution < 1.29 is 0 Å². The van der Waals surface area contributed by atoms with Crippen molar-refractivity contribution in [2.45, 2.75) is 6.54 Å². The second kappa shape index (κ2) is 4.61. The van der Waals surface area contributed by atoms with Gasteiger partial charge in [-0.3, -0.25) is 4.98 Å². The Morgan fingerprint density at radius 2 is 1.94 bits per heavy atom. The minimum absolute atomic E-state index is 0.728. The highest BCUT2D eigenvalue weighted by atomic mass is 15.2. The van der Waals surface area contributed by atoms with E-state index in [1.54, 1.807) is 24.7 Å². The van der Waals surface area contributed by atoms with Gasteiger partial charge < -0.3 is 10.6 Å². The molecule has 0 amide bonds. The maximum absolute atomic E-state index is 5.71. The van der Waals surface area contributed by atoms with E-state index in [-0.39, 0.29) is 0 Å². The van der Waals surface area contributed by atoms with E-state index in [4.69, 9.17) is 5.73 Å². The second-order valence-electron chi connectivity index (χ2n) is 3.66. The van der Waals surface area contributed by atoms with Gasteiger partial charge in [0.15, 0.2) is 0 Å². The first-order valence-electron chi connectivity index (χ1n) is 5.07. The summed E-state index contributed by atoms with van der Waals surface area (Å²) in [5.74, 6) is 0.872. The minimum Gasteiger partial charge on any atom is -0.399 e. The van der Waals surface area contributed by atoms with Crippen LogP contribution in [0.3, 0.4) is 0 Å². The SMILES string of the molecule is CN(Cc1ccncc1)c1cc(N)ccn1. The molecule has 0 saturated carbocycles. The Kier molecular flexibility index (Phi) is 3.00. The molecule has 4 nitrogen and oxygen atoms in total. The maximum Gasteiger partial charge on any atom is 0.130 e. The van der Waals surface area contributed by atoms with Gasteiger partial charge in [-0.05, 0) is 23.8 Å².